The molecule has 7 heteroatoms. The topological polar surface area (TPSA) is 84.5 Å². The molecular formula is C11H16N4O2S. The number of aliphatic hydroxyl groups is 1. The van der Waals surface area contributed by atoms with E-state index in [1.54, 1.807) is 12.4 Å². The van der Waals surface area contributed by atoms with Crippen LogP contribution >= 0.6 is 12.2 Å². The number of hydrogen-bond acceptors (Lipinski definition) is 6. The van der Waals surface area contributed by atoms with Crippen molar-refractivity contribution >= 4 is 23.0 Å². The van der Waals surface area contributed by atoms with Gasteiger partial charge in [-0.2, -0.15) is 0 Å². The highest BCUT2D eigenvalue weighted by molar-refractivity contribution is 7.80. The van der Waals surface area contributed by atoms with E-state index < -0.39 is 0 Å². The summed E-state index contributed by atoms with van der Waals surface area (Å²) in [6.07, 6.45) is 3.02. The van der Waals surface area contributed by atoms with Crippen molar-refractivity contribution in [3.8, 4) is 0 Å². The van der Waals surface area contributed by atoms with Crippen molar-refractivity contribution in [3.63, 3.8) is 0 Å². The first-order valence-corrected chi connectivity index (χ1v) is 6.13. The lowest BCUT2D eigenvalue weighted by molar-refractivity contribution is -0.0105. The van der Waals surface area contributed by atoms with Gasteiger partial charge >= 0.3 is 0 Å². The van der Waals surface area contributed by atoms with Gasteiger partial charge in [-0.05, 0) is 6.92 Å². The van der Waals surface area contributed by atoms with Gasteiger partial charge in [0.25, 0.3) is 0 Å². The maximum atomic E-state index is 9.14. The van der Waals surface area contributed by atoms with Gasteiger partial charge in [0.15, 0.2) is 0 Å². The molecule has 3 N–H and O–H groups in total. The highest BCUT2D eigenvalue weighted by Gasteiger charge is 2.26. The van der Waals surface area contributed by atoms with E-state index in [1.165, 1.54) is 0 Å². The average Bonchev–Trinajstić information content (AvgIpc) is 2.39. The van der Waals surface area contributed by atoms with Gasteiger partial charge in [-0.1, -0.05) is 12.2 Å². The molecule has 18 heavy (non-hydrogen) atoms. The Kier molecular flexibility index (Phi) is 4.05. The number of hydrogen-bond donors (Lipinski definition) is 2. The molecule has 0 aliphatic carbocycles. The first-order valence-electron chi connectivity index (χ1n) is 5.72. The van der Waals surface area contributed by atoms with Crippen molar-refractivity contribution in [2.45, 2.75) is 19.1 Å². The molecule has 1 aromatic rings. The summed E-state index contributed by atoms with van der Waals surface area (Å²) in [6.45, 7) is 3.20. The molecule has 2 heterocycles. The molecule has 2 rings (SSSR count). The minimum Gasteiger partial charge on any atom is -0.394 e. The fourth-order valence-electron chi connectivity index (χ4n) is 1.84. The molecule has 2 unspecified atom stereocenters. The van der Waals surface area contributed by atoms with Crippen molar-refractivity contribution in [1.29, 1.82) is 0 Å². The molecule has 0 amide bonds. The molecule has 2 atom stereocenters. The highest BCUT2D eigenvalue weighted by Crippen LogP contribution is 2.18. The predicted molar refractivity (Wildman–Crippen MR) is 71.6 cm³/mol. The lowest BCUT2D eigenvalue weighted by atomic mass is 10.2. The third-order valence-electron chi connectivity index (χ3n) is 2.89. The minimum absolute atomic E-state index is 0.00161. The molecule has 0 radical (unpaired) electrons. The van der Waals surface area contributed by atoms with Gasteiger partial charge in [-0.15, -0.1) is 0 Å². The largest absolute Gasteiger partial charge is 0.394 e. The third kappa shape index (κ3) is 2.74. The number of anilines is 1. The van der Waals surface area contributed by atoms with Crippen LogP contribution in [0.4, 0.5) is 5.82 Å². The molecule has 0 aromatic carbocycles. The van der Waals surface area contributed by atoms with Gasteiger partial charge in [-0.25, -0.2) is 9.97 Å². The number of morpholine rings is 1. The maximum absolute atomic E-state index is 9.14. The highest BCUT2D eigenvalue weighted by atomic mass is 32.1. The summed E-state index contributed by atoms with van der Waals surface area (Å²) < 4.78 is 5.47. The summed E-state index contributed by atoms with van der Waals surface area (Å²) in [5, 5.41) is 9.14. The van der Waals surface area contributed by atoms with Crippen LogP contribution in [0.15, 0.2) is 12.4 Å². The first kappa shape index (κ1) is 13.1. The van der Waals surface area contributed by atoms with E-state index >= 15 is 0 Å². The molecule has 1 saturated heterocycles. The van der Waals surface area contributed by atoms with Crippen LogP contribution in [0.3, 0.4) is 0 Å². The summed E-state index contributed by atoms with van der Waals surface area (Å²) in [5.74, 6) is 0.740. The lowest BCUT2D eigenvalue weighted by Crippen LogP contribution is -2.50. The Morgan fingerprint density at radius 3 is 2.94 bits per heavy atom. The molecular weight excluding hydrogens is 252 g/mol. The van der Waals surface area contributed by atoms with Crippen LogP contribution < -0.4 is 10.6 Å². The van der Waals surface area contributed by atoms with Crippen LogP contribution in [-0.4, -0.2) is 52.0 Å². The van der Waals surface area contributed by atoms with E-state index in [-0.39, 0.29) is 23.7 Å². The molecule has 0 saturated carbocycles. The van der Waals surface area contributed by atoms with Crippen LogP contribution in [0.2, 0.25) is 0 Å². The fourth-order valence-corrected chi connectivity index (χ4v) is 1.95. The second-order valence-corrected chi connectivity index (χ2v) is 4.70. The number of rotatable bonds is 3. The number of nitrogens with zero attached hydrogens (tertiary/aromatic N) is 3. The minimum atomic E-state index is -0.182. The van der Waals surface area contributed by atoms with Gasteiger partial charge in [0, 0.05) is 6.54 Å². The van der Waals surface area contributed by atoms with Crippen molar-refractivity contribution in [3.05, 3.63) is 18.1 Å². The Balaban J connectivity index is 2.16. The summed E-state index contributed by atoms with van der Waals surface area (Å²) in [7, 11) is 0. The monoisotopic (exact) mass is 268 g/mol. The van der Waals surface area contributed by atoms with E-state index in [1.807, 2.05) is 6.92 Å². The molecule has 1 fully saturated rings. The SMILES string of the molecule is CC1COC(CO)CN1c1cnc(C(N)=S)cn1. The van der Waals surface area contributed by atoms with Gasteiger partial charge in [0.05, 0.1) is 37.8 Å². The Morgan fingerprint density at radius 2 is 2.39 bits per heavy atom. The van der Waals surface area contributed by atoms with Crippen LogP contribution in [0.1, 0.15) is 12.6 Å². The van der Waals surface area contributed by atoms with E-state index in [4.69, 9.17) is 27.8 Å². The average molecular weight is 268 g/mol. The molecule has 6 nitrogen and oxygen atoms in total. The van der Waals surface area contributed by atoms with Crippen LogP contribution in [0.5, 0.6) is 0 Å². The van der Waals surface area contributed by atoms with E-state index in [0.29, 0.717) is 18.8 Å². The normalized spacial score (nSPS) is 24.0. The molecule has 98 valence electrons. The van der Waals surface area contributed by atoms with Crippen LogP contribution in [0.25, 0.3) is 0 Å². The number of thiocarbonyl (C=S) groups is 1. The smallest absolute Gasteiger partial charge is 0.147 e. The number of aliphatic hydroxyl groups excluding tert-OH is 1. The van der Waals surface area contributed by atoms with Crippen LogP contribution in [-0.2, 0) is 4.74 Å². The van der Waals surface area contributed by atoms with Gasteiger partial charge in [0.1, 0.15) is 16.5 Å². The van der Waals surface area contributed by atoms with Gasteiger partial charge in [-0.3, -0.25) is 0 Å². The number of ether oxygens (including phenoxy) is 1. The maximum Gasteiger partial charge on any atom is 0.147 e. The fraction of sp³-hybridized carbons (Fsp3) is 0.545. The first-order chi connectivity index (χ1) is 8.61. The van der Waals surface area contributed by atoms with E-state index in [0.717, 1.165) is 5.82 Å². The summed E-state index contributed by atoms with van der Waals surface area (Å²) in [5.41, 5.74) is 5.98. The van der Waals surface area contributed by atoms with Gasteiger partial charge in [0.2, 0.25) is 0 Å². The summed E-state index contributed by atoms with van der Waals surface area (Å²) in [4.78, 5) is 10.8. The summed E-state index contributed by atoms with van der Waals surface area (Å²) >= 11 is 4.83. The van der Waals surface area contributed by atoms with Crippen molar-refractivity contribution < 1.29 is 9.84 Å². The molecule has 0 spiro atoms. The number of aromatic nitrogens is 2. The van der Waals surface area contributed by atoms with E-state index in [2.05, 4.69) is 14.9 Å². The van der Waals surface area contributed by atoms with Crippen molar-refractivity contribution in [2.75, 3.05) is 24.7 Å². The molecule has 1 aliphatic rings. The standard InChI is InChI=1S/C11H16N4O2S/c1-7-6-17-8(5-16)4-15(7)10-3-13-9(2-14-10)11(12)18/h2-3,7-8,16H,4-6H2,1H3,(H2,12,18). The number of nitrogens with two attached hydrogens (primary N) is 1. The zero-order valence-electron chi connectivity index (χ0n) is 10.1. The lowest BCUT2D eigenvalue weighted by Gasteiger charge is -2.38. The second-order valence-electron chi connectivity index (χ2n) is 4.26. The molecule has 1 aromatic heterocycles. The zero-order chi connectivity index (χ0) is 13.1. The van der Waals surface area contributed by atoms with E-state index in [9.17, 15) is 0 Å². The Morgan fingerprint density at radius 1 is 1.61 bits per heavy atom. The zero-order valence-corrected chi connectivity index (χ0v) is 10.9. The van der Waals surface area contributed by atoms with Crippen LogP contribution in [0, 0.1) is 0 Å². The predicted octanol–water partition coefficient (Wildman–Crippen LogP) is -0.303. The Bertz CT molecular complexity index is 426. The second kappa shape index (κ2) is 5.55. The quantitative estimate of drug-likeness (QED) is 0.728. The third-order valence-corrected chi connectivity index (χ3v) is 3.10. The Labute approximate surface area is 111 Å². The molecule has 0 bridgehead atoms. The Hall–Kier alpha value is -1.31. The van der Waals surface area contributed by atoms with Crippen molar-refractivity contribution in [1.82, 2.24) is 9.97 Å². The summed E-state index contributed by atoms with van der Waals surface area (Å²) in [6, 6.07) is 0.192. The van der Waals surface area contributed by atoms with Crippen molar-refractivity contribution in [2.24, 2.45) is 5.73 Å². The van der Waals surface area contributed by atoms with Gasteiger partial charge < -0.3 is 20.5 Å². The molecule has 1 aliphatic heterocycles.